The van der Waals surface area contributed by atoms with Gasteiger partial charge < -0.3 is 14.0 Å². The molecule has 0 saturated carbocycles. The van der Waals surface area contributed by atoms with E-state index in [-0.39, 0.29) is 28.6 Å². The largest absolute Gasteiger partial charge is 0.480 e. The number of unbranched alkanes of at least 4 members (excludes halogenated alkanes) is 1. The van der Waals surface area contributed by atoms with Crippen LogP contribution in [0.25, 0.3) is 22.2 Å². The Bertz CT molecular complexity index is 1270. The van der Waals surface area contributed by atoms with E-state index in [4.69, 9.17) is 14.7 Å². The lowest BCUT2D eigenvalue weighted by molar-refractivity contribution is -0.122. The van der Waals surface area contributed by atoms with Crippen molar-refractivity contribution in [2.24, 2.45) is 0 Å². The van der Waals surface area contributed by atoms with E-state index in [9.17, 15) is 9.59 Å². The maximum Gasteiger partial charge on any atom is 0.319 e. The number of rotatable bonds is 7. The number of amides is 2. The molecule has 10 nitrogen and oxygen atoms in total. The van der Waals surface area contributed by atoms with Crippen LogP contribution >= 0.6 is 0 Å². The number of nitrogens with zero attached hydrogens (tertiary/aromatic N) is 5. The number of pyridine rings is 1. The molecule has 4 rings (SSSR count). The third-order valence-corrected chi connectivity index (χ3v) is 4.90. The quantitative estimate of drug-likeness (QED) is 0.453. The number of imide groups is 1. The van der Waals surface area contributed by atoms with E-state index < -0.39 is 11.8 Å². The number of aryl methyl sites for hydroxylation is 1. The molecule has 0 saturated heterocycles. The number of nitrogens with one attached hydrogen (secondary N) is 1. The van der Waals surface area contributed by atoms with Crippen molar-refractivity contribution in [3.05, 3.63) is 41.9 Å². The zero-order valence-corrected chi connectivity index (χ0v) is 16.9. The second-order valence-corrected chi connectivity index (χ2v) is 6.69. The standard InChI is InChI=1S/C21H18N6O4/c1-30-20-13(10-24-21(26-20)31-2)15-16(19(29)25-18(15)28)14-11-27(9-4-3-7-22)17-12(14)6-5-8-23-17/h5-6,8,10-11H,3-4,9H2,1-2H3,(H,25,28,29). The van der Waals surface area contributed by atoms with Crippen LogP contribution in [0.5, 0.6) is 11.9 Å². The van der Waals surface area contributed by atoms with Gasteiger partial charge in [-0.1, -0.05) is 0 Å². The first kappa shape index (κ1) is 20.0. The minimum atomic E-state index is -0.568. The fraction of sp³-hybridized carbons (Fsp3) is 0.238. The van der Waals surface area contributed by atoms with Crippen LogP contribution < -0.4 is 14.8 Å². The number of carbonyl (C=O) groups is 2. The van der Waals surface area contributed by atoms with Crippen LogP contribution in [0.1, 0.15) is 24.0 Å². The van der Waals surface area contributed by atoms with Gasteiger partial charge in [0, 0.05) is 42.5 Å². The number of hydrogen-bond acceptors (Lipinski definition) is 8. The molecule has 1 aliphatic rings. The summed E-state index contributed by atoms with van der Waals surface area (Å²) in [7, 11) is 2.82. The minimum Gasteiger partial charge on any atom is -0.480 e. The number of aromatic nitrogens is 4. The summed E-state index contributed by atoms with van der Waals surface area (Å²) in [5.74, 6) is -0.987. The highest BCUT2D eigenvalue weighted by molar-refractivity contribution is 6.50. The molecule has 0 atom stereocenters. The van der Waals surface area contributed by atoms with Crippen molar-refractivity contribution in [1.82, 2.24) is 24.8 Å². The van der Waals surface area contributed by atoms with Gasteiger partial charge in [0.2, 0.25) is 5.88 Å². The Morgan fingerprint density at radius 1 is 1.13 bits per heavy atom. The molecule has 0 bridgehead atoms. The normalized spacial score (nSPS) is 13.5. The molecule has 0 aliphatic carbocycles. The van der Waals surface area contributed by atoms with Crippen LogP contribution in [0.4, 0.5) is 0 Å². The van der Waals surface area contributed by atoms with E-state index in [2.05, 4.69) is 26.3 Å². The van der Waals surface area contributed by atoms with E-state index in [0.29, 0.717) is 36.0 Å². The Morgan fingerprint density at radius 3 is 2.61 bits per heavy atom. The van der Waals surface area contributed by atoms with Crippen molar-refractivity contribution in [2.45, 2.75) is 19.4 Å². The van der Waals surface area contributed by atoms with Crippen LogP contribution in [-0.4, -0.2) is 45.6 Å². The Kier molecular flexibility index (Phi) is 5.32. The summed E-state index contributed by atoms with van der Waals surface area (Å²) in [4.78, 5) is 38.2. The lowest BCUT2D eigenvalue weighted by atomic mass is 9.97. The van der Waals surface area contributed by atoms with E-state index in [0.717, 1.165) is 0 Å². The van der Waals surface area contributed by atoms with Gasteiger partial charge >= 0.3 is 6.01 Å². The maximum absolute atomic E-state index is 12.8. The number of hydrogen-bond donors (Lipinski definition) is 1. The van der Waals surface area contributed by atoms with Gasteiger partial charge in [-0.15, -0.1) is 0 Å². The first-order valence-electron chi connectivity index (χ1n) is 9.45. The van der Waals surface area contributed by atoms with Crippen molar-refractivity contribution >= 4 is 34.0 Å². The molecule has 2 amide bonds. The molecule has 4 heterocycles. The lowest BCUT2D eigenvalue weighted by Gasteiger charge is -2.09. The zero-order valence-electron chi connectivity index (χ0n) is 16.9. The van der Waals surface area contributed by atoms with Crippen molar-refractivity contribution in [1.29, 1.82) is 5.26 Å². The van der Waals surface area contributed by atoms with E-state index in [1.54, 1.807) is 18.5 Å². The monoisotopic (exact) mass is 418 g/mol. The number of ether oxygens (including phenoxy) is 2. The number of nitriles is 1. The van der Waals surface area contributed by atoms with Gasteiger partial charge in [0.25, 0.3) is 11.8 Å². The molecule has 3 aromatic heterocycles. The number of methoxy groups -OCH3 is 2. The molecule has 0 radical (unpaired) electrons. The Balaban J connectivity index is 1.94. The van der Waals surface area contributed by atoms with E-state index in [1.807, 2.05) is 10.6 Å². The van der Waals surface area contributed by atoms with Gasteiger partial charge in [-0.25, -0.2) is 9.97 Å². The summed E-state index contributed by atoms with van der Waals surface area (Å²) in [6, 6.07) is 5.79. The molecule has 1 aliphatic heterocycles. The highest BCUT2D eigenvalue weighted by Gasteiger charge is 2.36. The predicted octanol–water partition coefficient (Wildman–Crippen LogP) is 1.71. The lowest BCUT2D eigenvalue weighted by Crippen LogP contribution is -2.23. The Labute approximate surface area is 177 Å². The third kappa shape index (κ3) is 3.46. The minimum absolute atomic E-state index is 0.0748. The summed E-state index contributed by atoms with van der Waals surface area (Å²) in [5.41, 5.74) is 1.79. The van der Waals surface area contributed by atoms with Crippen molar-refractivity contribution in [3.63, 3.8) is 0 Å². The second-order valence-electron chi connectivity index (χ2n) is 6.69. The van der Waals surface area contributed by atoms with Gasteiger partial charge in [0.15, 0.2) is 0 Å². The first-order valence-corrected chi connectivity index (χ1v) is 9.45. The number of carbonyl (C=O) groups excluding carboxylic acids is 2. The van der Waals surface area contributed by atoms with Crippen LogP contribution in [0.2, 0.25) is 0 Å². The average molecular weight is 418 g/mol. The predicted molar refractivity (Wildman–Crippen MR) is 110 cm³/mol. The van der Waals surface area contributed by atoms with Crippen molar-refractivity contribution in [2.75, 3.05) is 14.2 Å². The van der Waals surface area contributed by atoms with Crippen LogP contribution in [-0.2, 0) is 16.1 Å². The zero-order chi connectivity index (χ0) is 22.0. The molecule has 0 unspecified atom stereocenters. The first-order chi connectivity index (χ1) is 15.1. The van der Waals surface area contributed by atoms with Gasteiger partial charge in [-0.3, -0.25) is 14.9 Å². The highest BCUT2D eigenvalue weighted by Crippen LogP contribution is 2.38. The van der Waals surface area contributed by atoms with Crippen molar-refractivity contribution in [3.8, 4) is 18.0 Å². The topological polar surface area (TPSA) is 132 Å². The molecule has 1 N–H and O–H groups in total. The molecule has 156 valence electrons. The summed E-state index contributed by atoms with van der Waals surface area (Å²) < 4.78 is 12.2. The molecule has 31 heavy (non-hydrogen) atoms. The number of fused-ring (bicyclic) bond motifs is 1. The summed E-state index contributed by atoms with van der Waals surface area (Å²) in [5, 5.41) is 11.9. The van der Waals surface area contributed by atoms with Crippen LogP contribution in [0, 0.1) is 11.3 Å². The van der Waals surface area contributed by atoms with Gasteiger partial charge in [0.1, 0.15) is 5.65 Å². The Hall–Kier alpha value is -4.26. The van der Waals surface area contributed by atoms with Crippen LogP contribution in [0.3, 0.4) is 0 Å². The second kappa shape index (κ2) is 8.23. The molecule has 0 aromatic carbocycles. The summed E-state index contributed by atoms with van der Waals surface area (Å²) in [6.07, 6.45) is 5.85. The summed E-state index contributed by atoms with van der Waals surface area (Å²) in [6.45, 7) is 0.550. The maximum atomic E-state index is 12.8. The third-order valence-electron chi connectivity index (χ3n) is 4.90. The molecular formula is C21H18N6O4. The highest BCUT2D eigenvalue weighted by atomic mass is 16.5. The molecule has 0 spiro atoms. The van der Waals surface area contributed by atoms with Crippen LogP contribution in [0.15, 0.2) is 30.7 Å². The molecular weight excluding hydrogens is 400 g/mol. The van der Waals surface area contributed by atoms with Gasteiger partial charge in [0.05, 0.1) is 37.0 Å². The van der Waals surface area contributed by atoms with E-state index in [1.165, 1.54) is 20.4 Å². The molecule has 0 fully saturated rings. The smallest absolute Gasteiger partial charge is 0.319 e. The molecule has 3 aromatic rings. The van der Waals surface area contributed by atoms with Crippen molar-refractivity contribution < 1.29 is 19.1 Å². The van der Waals surface area contributed by atoms with Gasteiger partial charge in [-0.05, 0) is 18.6 Å². The van der Waals surface area contributed by atoms with Gasteiger partial charge in [-0.2, -0.15) is 10.2 Å². The Morgan fingerprint density at radius 2 is 1.90 bits per heavy atom. The fourth-order valence-electron chi connectivity index (χ4n) is 3.57. The summed E-state index contributed by atoms with van der Waals surface area (Å²) >= 11 is 0. The van der Waals surface area contributed by atoms with E-state index >= 15 is 0 Å². The average Bonchev–Trinajstić information content (AvgIpc) is 3.29. The SMILES string of the molecule is COc1ncc(C2=C(c3cn(CCCC#N)c4ncccc34)C(=O)NC2=O)c(OC)n1. The molecule has 10 heteroatoms. The fourth-order valence-corrected chi connectivity index (χ4v) is 3.57.